The van der Waals surface area contributed by atoms with Crippen molar-refractivity contribution < 1.29 is 4.74 Å². The minimum atomic E-state index is -0.178. The van der Waals surface area contributed by atoms with Gasteiger partial charge in [0.15, 0.2) is 0 Å². The lowest BCUT2D eigenvalue weighted by Crippen LogP contribution is -2.29. The van der Waals surface area contributed by atoms with Crippen LogP contribution < -0.4 is 16.0 Å². The standard InChI is InChI=1S/C16H18BrClN2O/c1-10(2)21-13-6-3-11(4-7-13)16(20-19)14-9-12(17)5-8-15(14)18/h3-10,16,20H,19H2,1-2H3. The largest absolute Gasteiger partial charge is 0.491 e. The summed E-state index contributed by atoms with van der Waals surface area (Å²) < 4.78 is 6.61. The molecule has 1 unspecified atom stereocenters. The summed E-state index contributed by atoms with van der Waals surface area (Å²) in [5.74, 6) is 6.56. The van der Waals surface area contributed by atoms with Gasteiger partial charge < -0.3 is 4.74 Å². The topological polar surface area (TPSA) is 47.3 Å². The fraction of sp³-hybridized carbons (Fsp3) is 0.250. The summed E-state index contributed by atoms with van der Waals surface area (Å²) in [6.45, 7) is 4.00. The monoisotopic (exact) mass is 368 g/mol. The maximum Gasteiger partial charge on any atom is 0.119 e. The molecule has 1 atom stereocenters. The van der Waals surface area contributed by atoms with Crippen molar-refractivity contribution in [2.24, 2.45) is 5.84 Å². The van der Waals surface area contributed by atoms with Crippen molar-refractivity contribution in [2.45, 2.75) is 26.0 Å². The van der Waals surface area contributed by atoms with Crippen molar-refractivity contribution in [3.63, 3.8) is 0 Å². The Kier molecular flexibility index (Phi) is 5.65. The summed E-state index contributed by atoms with van der Waals surface area (Å²) in [4.78, 5) is 0. The van der Waals surface area contributed by atoms with Crippen molar-refractivity contribution >= 4 is 27.5 Å². The van der Waals surface area contributed by atoms with Gasteiger partial charge in [0, 0.05) is 9.50 Å². The van der Waals surface area contributed by atoms with Crippen molar-refractivity contribution in [3.8, 4) is 5.75 Å². The molecule has 0 aliphatic rings. The fourth-order valence-electron chi connectivity index (χ4n) is 2.11. The van der Waals surface area contributed by atoms with Crippen LogP contribution >= 0.6 is 27.5 Å². The molecule has 0 heterocycles. The third kappa shape index (κ3) is 4.20. The second-order valence-electron chi connectivity index (χ2n) is 5.00. The molecule has 0 saturated heterocycles. The Balaban J connectivity index is 2.31. The van der Waals surface area contributed by atoms with Gasteiger partial charge in [-0.1, -0.05) is 39.7 Å². The summed E-state index contributed by atoms with van der Waals surface area (Å²) in [6.07, 6.45) is 0.152. The Morgan fingerprint density at radius 2 is 1.81 bits per heavy atom. The number of hydrogen-bond donors (Lipinski definition) is 2. The second kappa shape index (κ2) is 7.27. The van der Waals surface area contributed by atoms with Crippen LogP contribution in [-0.2, 0) is 0 Å². The number of hydrazine groups is 1. The predicted octanol–water partition coefficient (Wildman–Crippen LogP) is 4.44. The maximum absolute atomic E-state index is 6.28. The lowest BCUT2D eigenvalue weighted by atomic mass is 9.99. The van der Waals surface area contributed by atoms with Crippen molar-refractivity contribution in [3.05, 3.63) is 63.1 Å². The van der Waals surface area contributed by atoms with Crippen LogP contribution in [0.15, 0.2) is 46.9 Å². The summed E-state index contributed by atoms with van der Waals surface area (Å²) >= 11 is 9.74. The first-order chi connectivity index (χ1) is 10.0. The highest BCUT2D eigenvalue weighted by atomic mass is 79.9. The first-order valence-electron chi connectivity index (χ1n) is 6.69. The molecule has 2 aromatic carbocycles. The molecule has 0 aliphatic heterocycles. The number of nitrogens with two attached hydrogens (primary N) is 1. The number of ether oxygens (including phenoxy) is 1. The van der Waals surface area contributed by atoms with Gasteiger partial charge in [-0.2, -0.15) is 0 Å². The van der Waals surface area contributed by atoms with Crippen LogP contribution in [0, 0.1) is 0 Å². The minimum Gasteiger partial charge on any atom is -0.491 e. The lowest BCUT2D eigenvalue weighted by Gasteiger charge is -2.19. The van der Waals surface area contributed by atoms with Crippen molar-refractivity contribution in [1.29, 1.82) is 0 Å². The first kappa shape index (κ1) is 16.3. The number of rotatable bonds is 5. The van der Waals surface area contributed by atoms with Crippen LogP contribution in [0.4, 0.5) is 0 Å². The fourth-order valence-corrected chi connectivity index (χ4v) is 2.72. The molecular formula is C16H18BrClN2O. The van der Waals surface area contributed by atoms with E-state index in [0.29, 0.717) is 5.02 Å². The van der Waals surface area contributed by atoms with Crippen LogP contribution in [0.2, 0.25) is 5.02 Å². The molecule has 112 valence electrons. The number of benzene rings is 2. The highest BCUT2D eigenvalue weighted by Gasteiger charge is 2.16. The van der Waals surface area contributed by atoms with Gasteiger partial charge in [0.2, 0.25) is 0 Å². The first-order valence-corrected chi connectivity index (χ1v) is 7.86. The Bertz CT molecular complexity index is 602. The molecule has 21 heavy (non-hydrogen) atoms. The van der Waals surface area contributed by atoms with Crippen LogP contribution in [0.1, 0.15) is 31.0 Å². The smallest absolute Gasteiger partial charge is 0.119 e. The molecule has 3 nitrogen and oxygen atoms in total. The summed E-state index contributed by atoms with van der Waals surface area (Å²) in [5.41, 5.74) is 4.76. The number of nitrogens with one attached hydrogen (secondary N) is 1. The zero-order chi connectivity index (χ0) is 15.4. The van der Waals surface area contributed by atoms with E-state index in [1.165, 1.54) is 0 Å². The predicted molar refractivity (Wildman–Crippen MR) is 90.5 cm³/mol. The van der Waals surface area contributed by atoms with Crippen LogP contribution in [0.3, 0.4) is 0 Å². The van der Waals surface area contributed by atoms with Crippen molar-refractivity contribution in [1.82, 2.24) is 5.43 Å². The molecule has 5 heteroatoms. The van der Waals surface area contributed by atoms with E-state index in [1.54, 1.807) is 0 Å². The number of hydrogen-bond acceptors (Lipinski definition) is 3. The van der Waals surface area contributed by atoms with Gasteiger partial charge in [-0.25, -0.2) is 5.43 Å². The molecule has 0 aromatic heterocycles. The van der Waals surface area contributed by atoms with Crippen LogP contribution in [0.5, 0.6) is 5.75 Å². The van der Waals surface area contributed by atoms with E-state index < -0.39 is 0 Å². The van der Waals surface area contributed by atoms with E-state index in [-0.39, 0.29) is 12.1 Å². The zero-order valence-corrected chi connectivity index (χ0v) is 14.3. The van der Waals surface area contributed by atoms with Gasteiger partial charge >= 0.3 is 0 Å². The Hall–Kier alpha value is -1.07. The van der Waals surface area contributed by atoms with Gasteiger partial charge in [0.1, 0.15) is 5.75 Å². The number of halogens is 2. The lowest BCUT2D eigenvalue weighted by molar-refractivity contribution is 0.242. The van der Waals surface area contributed by atoms with Crippen LogP contribution in [0.25, 0.3) is 0 Å². The minimum absolute atomic E-state index is 0.152. The van der Waals surface area contributed by atoms with Crippen molar-refractivity contribution in [2.75, 3.05) is 0 Å². The Morgan fingerprint density at radius 1 is 1.14 bits per heavy atom. The normalized spacial score (nSPS) is 12.5. The van der Waals surface area contributed by atoms with E-state index in [9.17, 15) is 0 Å². The van der Waals surface area contributed by atoms with E-state index in [4.69, 9.17) is 22.2 Å². The third-order valence-electron chi connectivity index (χ3n) is 3.02. The SMILES string of the molecule is CC(C)Oc1ccc(C(NN)c2cc(Br)ccc2Cl)cc1. The van der Waals surface area contributed by atoms with E-state index >= 15 is 0 Å². The summed E-state index contributed by atoms with van der Waals surface area (Å²) in [6, 6.07) is 13.4. The van der Waals surface area contributed by atoms with E-state index in [1.807, 2.05) is 56.3 Å². The van der Waals surface area contributed by atoms with Crippen LogP contribution in [-0.4, -0.2) is 6.10 Å². The second-order valence-corrected chi connectivity index (χ2v) is 6.32. The molecule has 0 aliphatic carbocycles. The van der Waals surface area contributed by atoms with Gasteiger partial charge in [-0.15, -0.1) is 0 Å². The zero-order valence-electron chi connectivity index (χ0n) is 11.9. The highest BCUT2D eigenvalue weighted by molar-refractivity contribution is 9.10. The Labute approximate surface area is 138 Å². The molecule has 0 fully saturated rings. The third-order valence-corrected chi connectivity index (χ3v) is 3.86. The molecule has 0 radical (unpaired) electrons. The van der Waals surface area contributed by atoms with Gasteiger partial charge in [0.05, 0.1) is 12.1 Å². The average Bonchev–Trinajstić information content (AvgIpc) is 2.44. The average molecular weight is 370 g/mol. The molecule has 2 aromatic rings. The molecular weight excluding hydrogens is 352 g/mol. The van der Waals surface area contributed by atoms with E-state index in [0.717, 1.165) is 21.3 Å². The molecule has 0 saturated carbocycles. The molecule has 0 amide bonds. The Morgan fingerprint density at radius 3 is 2.38 bits per heavy atom. The van der Waals surface area contributed by atoms with Gasteiger partial charge in [0.25, 0.3) is 0 Å². The van der Waals surface area contributed by atoms with Gasteiger partial charge in [-0.3, -0.25) is 5.84 Å². The quantitative estimate of drug-likeness (QED) is 0.605. The van der Waals surface area contributed by atoms with E-state index in [2.05, 4.69) is 21.4 Å². The summed E-state index contributed by atoms with van der Waals surface area (Å²) in [7, 11) is 0. The molecule has 2 rings (SSSR count). The maximum atomic E-state index is 6.28. The molecule has 0 bridgehead atoms. The molecule has 0 spiro atoms. The molecule has 3 N–H and O–H groups in total. The van der Waals surface area contributed by atoms with Gasteiger partial charge in [-0.05, 0) is 55.3 Å². The highest BCUT2D eigenvalue weighted by Crippen LogP contribution is 2.31. The summed E-state index contributed by atoms with van der Waals surface area (Å²) in [5, 5.41) is 0.670.